The molecular formula is C12H11FN2O2. The van der Waals surface area contributed by atoms with Crippen molar-refractivity contribution >= 4 is 5.97 Å². The summed E-state index contributed by atoms with van der Waals surface area (Å²) in [5, 5.41) is 12.8. The first-order chi connectivity index (χ1) is 8.09. The van der Waals surface area contributed by atoms with Gasteiger partial charge in [0.15, 0.2) is 0 Å². The van der Waals surface area contributed by atoms with Gasteiger partial charge in [0.2, 0.25) is 0 Å². The first-order valence-electron chi connectivity index (χ1n) is 5.11. The number of halogens is 1. The number of aromatic nitrogens is 2. The fraction of sp³-hybridized carbons (Fsp3) is 0.167. The molecule has 0 aliphatic heterocycles. The highest BCUT2D eigenvalue weighted by Crippen LogP contribution is 2.22. The van der Waals surface area contributed by atoms with E-state index >= 15 is 0 Å². The molecule has 1 aromatic heterocycles. The molecule has 4 nitrogen and oxygen atoms in total. The van der Waals surface area contributed by atoms with Gasteiger partial charge in [-0.15, -0.1) is 0 Å². The van der Waals surface area contributed by atoms with Crippen LogP contribution in [0.1, 0.15) is 13.0 Å². The molecule has 88 valence electrons. The number of nitrogens with zero attached hydrogens (tertiary/aromatic N) is 2. The average molecular weight is 234 g/mol. The van der Waals surface area contributed by atoms with Gasteiger partial charge in [0.1, 0.15) is 11.9 Å². The quantitative estimate of drug-likeness (QED) is 0.886. The smallest absolute Gasteiger partial charge is 0.328 e. The summed E-state index contributed by atoms with van der Waals surface area (Å²) in [6.07, 6.45) is 2.98. The molecule has 0 saturated heterocycles. The first kappa shape index (κ1) is 11.3. The summed E-state index contributed by atoms with van der Waals surface area (Å²) in [5.74, 6) is -1.33. The number of hydrogen-bond acceptors (Lipinski definition) is 2. The van der Waals surface area contributed by atoms with Gasteiger partial charge in [-0.2, -0.15) is 5.10 Å². The molecule has 2 rings (SSSR count). The normalized spacial score (nSPS) is 12.4. The fourth-order valence-electron chi connectivity index (χ4n) is 1.50. The molecule has 5 heteroatoms. The van der Waals surface area contributed by atoms with Gasteiger partial charge < -0.3 is 5.11 Å². The van der Waals surface area contributed by atoms with Crippen molar-refractivity contribution in [3.05, 3.63) is 42.5 Å². The predicted octanol–water partition coefficient (Wildman–Crippen LogP) is 2.33. The van der Waals surface area contributed by atoms with Crippen LogP contribution in [0.2, 0.25) is 0 Å². The van der Waals surface area contributed by atoms with Gasteiger partial charge in [-0.05, 0) is 13.0 Å². The van der Waals surface area contributed by atoms with E-state index < -0.39 is 12.0 Å². The van der Waals surface area contributed by atoms with Crippen LogP contribution in [0.4, 0.5) is 4.39 Å². The second-order valence-electron chi connectivity index (χ2n) is 3.70. The monoisotopic (exact) mass is 234 g/mol. The minimum absolute atomic E-state index is 0.352. The highest BCUT2D eigenvalue weighted by Gasteiger charge is 2.15. The zero-order valence-electron chi connectivity index (χ0n) is 9.17. The molecule has 0 radical (unpaired) electrons. The molecule has 17 heavy (non-hydrogen) atoms. The molecule has 1 N–H and O–H groups in total. The van der Waals surface area contributed by atoms with Crippen molar-refractivity contribution in [2.45, 2.75) is 13.0 Å². The Morgan fingerprint density at radius 2 is 2.18 bits per heavy atom. The van der Waals surface area contributed by atoms with Crippen molar-refractivity contribution in [2.75, 3.05) is 0 Å². The van der Waals surface area contributed by atoms with Gasteiger partial charge in [-0.25, -0.2) is 9.18 Å². The molecule has 1 heterocycles. The Kier molecular flexibility index (Phi) is 2.91. The van der Waals surface area contributed by atoms with E-state index in [2.05, 4.69) is 5.10 Å². The topological polar surface area (TPSA) is 55.1 Å². The van der Waals surface area contributed by atoms with Crippen LogP contribution >= 0.6 is 0 Å². The Labute approximate surface area is 97.3 Å². The summed E-state index contributed by atoms with van der Waals surface area (Å²) in [6.45, 7) is 1.51. The minimum atomic E-state index is -0.979. The minimum Gasteiger partial charge on any atom is -0.480 e. The van der Waals surface area contributed by atoms with E-state index in [9.17, 15) is 9.18 Å². The highest BCUT2D eigenvalue weighted by molar-refractivity contribution is 5.71. The maximum Gasteiger partial charge on any atom is 0.328 e. The number of carboxylic acid groups (broad SMARTS) is 1. The number of benzene rings is 1. The lowest BCUT2D eigenvalue weighted by Gasteiger charge is -2.05. The van der Waals surface area contributed by atoms with Crippen molar-refractivity contribution in [3.8, 4) is 11.1 Å². The molecule has 0 spiro atoms. The van der Waals surface area contributed by atoms with Crippen LogP contribution in [-0.4, -0.2) is 20.9 Å². The molecule has 0 unspecified atom stereocenters. The fourth-order valence-corrected chi connectivity index (χ4v) is 1.50. The lowest BCUT2D eigenvalue weighted by atomic mass is 10.1. The molecule has 1 aromatic carbocycles. The van der Waals surface area contributed by atoms with Gasteiger partial charge in [-0.3, -0.25) is 4.68 Å². The maximum atomic E-state index is 13.5. The lowest BCUT2D eigenvalue weighted by molar-refractivity contribution is -0.140. The van der Waals surface area contributed by atoms with Crippen LogP contribution in [0.15, 0.2) is 36.7 Å². The Balaban J connectivity index is 2.37. The van der Waals surface area contributed by atoms with Crippen molar-refractivity contribution in [1.82, 2.24) is 9.78 Å². The molecule has 1 atom stereocenters. The van der Waals surface area contributed by atoms with Crippen LogP contribution in [-0.2, 0) is 4.79 Å². The van der Waals surface area contributed by atoms with Crippen LogP contribution in [0.5, 0.6) is 0 Å². The Morgan fingerprint density at radius 1 is 1.47 bits per heavy atom. The third kappa shape index (κ3) is 2.18. The van der Waals surface area contributed by atoms with Gasteiger partial charge in [-0.1, -0.05) is 18.2 Å². The molecule has 2 aromatic rings. The number of carboxylic acids is 1. The van der Waals surface area contributed by atoms with Crippen LogP contribution in [0.3, 0.4) is 0 Å². The summed E-state index contributed by atoms with van der Waals surface area (Å²) in [6, 6.07) is 5.53. The zero-order chi connectivity index (χ0) is 12.4. The van der Waals surface area contributed by atoms with Crippen molar-refractivity contribution in [2.24, 2.45) is 0 Å². The number of hydrogen-bond donors (Lipinski definition) is 1. The molecule has 0 aliphatic rings. The van der Waals surface area contributed by atoms with Crippen molar-refractivity contribution in [3.63, 3.8) is 0 Å². The summed E-state index contributed by atoms with van der Waals surface area (Å²) >= 11 is 0. The van der Waals surface area contributed by atoms with E-state index in [1.165, 1.54) is 30.1 Å². The average Bonchev–Trinajstić information content (AvgIpc) is 2.77. The highest BCUT2D eigenvalue weighted by atomic mass is 19.1. The SMILES string of the molecule is C[C@@H](C(=O)O)n1cc(-c2ccccc2F)cn1. The second-order valence-corrected chi connectivity index (χ2v) is 3.70. The largest absolute Gasteiger partial charge is 0.480 e. The summed E-state index contributed by atoms with van der Waals surface area (Å²) in [5.41, 5.74) is 0.979. The molecular weight excluding hydrogens is 223 g/mol. The molecule has 0 amide bonds. The van der Waals surface area contributed by atoms with E-state index in [1.807, 2.05) is 0 Å². The Bertz CT molecular complexity index is 551. The first-order valence-corrected chi connectivity index (χ1v) is 5.11. The summed E-state index contributed by atoms with van der Waals surface area (Å²) in [7, 11) is 0. The third-order valence-corrected chi connectivity index (χ3v) is 2.54. The molecule has 0 aliphatic carbocycles. The van der Waals surface area contributed by atoms with Crippen LogP contribution in [0.25, 0.3) is 11.1 Å². The van der Waals surface area contributed by atoms with Crippen LogP contribution < -0.4 is 0 Å². The molecule has 0 bridgehead atoms. The lowest BCUT2D eigenvalue weighted by Crippen LogP contribution is -2.15. The molecule has 0 saturated carbocycles. The summed E-state index contributed by atoms with van der Waals surface area (Å²) < 4.78 is 14.8. The number of aliphatic carboxylic acids is 1. The van der Waals surface area contributed by atoms with Crippen molar-refractivity contribution < 1.29 is 14.3 Å². The maximum absolute atomic E-state index is 13.5. The van der Waals surface area contributed by atoms with Crippen molar-refractivity contribution in [1.29, 1.82) is 0 Å². The molecule has 0 fully saturated rings. The Morgan fingerprint density at radius 3 is 2.82 bits per heavy atom. The van der Waals surface area contributed by atoms with E-state index in [0.29, 0.717) is 11.1 Å². The van der Waals surface area contributed by atoms with Gasteiger partial charge in [0.05, 0.1) is 6.20 Å². The van der Waals surface area contributed by atoms with Crippen LogP contribution in [0, 0.1) is 5.82 Å². The van der Waals surface area contributed by atoms with E-state index in [4.69, 9.17) is 5.11 Å². The van der Waals surface area contributed by atoms with Gasteiger partial charge in [0.25, 0.3) is 0 Å². The van der Waals surface area contributed by atoms with Gasteiger partial charge in [0, 0.05) is 17.3 Å². The Hall–Kier alpha value is -2.17. The zero-order valence-corrected chi connectivity index (χ0v) is 9.17. The summed E-state index contributed by atoms with van der Waals surface area (Å²) in [4.78, 5) is 10.8. The predicted molar refractivity (Wildman–Crippen MR) is 60.0 cm³/mol. The number of carbonyl (C=O) groups is 1. The number of rotatable bonds is 3. The third-order valence-electron chi connectivity index (χ3n) is 2.54. The van der Waals surface area contributed by atoms with E-state index in [0.717, 1.165) is 0 Å². The standard InChI is InChI=1S/C12H11FN2O2/c1-8(12(16)17)15-7-9(6-14-15)10-4-2-3-5-11(10)13/h2-8H,1H3,(H,16,17)/t8-/m0/s1. The second kappa shape index (κ2) is 4.37. The van der Waals surface area contributed by atoms with E-state index in [-0.39, 0.29) is 5.82 Å². The van der Waals surface area contributed by atoms with Gasteiger partial charge >= 0.3 is 5.97 Å². The van der Waals surface area contributed by atoms with E-state index in [1.54, 1.807) is 18.2 Å².